The van der Waals surface area contributed by atoms with E-state index >= 15 is 0 Å². The van der Waals surface area contributed by atoms with Gasteiger partial charge in [-0.25, -0.2) is 0 Å². The maximum absolute atomic E-state index is 5.87. The lowest BCUT2D eigenvalue weighted by Crippen LogP contribution is -2.53. The molecule has 0 radical (unpaired) electrons. The molecule has 12 heavy (non-hydrogen) atoms. The Bertz CT molecular complexity index is 179. The predicted molar refractivity (Wildman–Crippen MR) is 49.1 cm³/mol. The van der Waals surface area contributed by atoms with E-state index in [1.54, 1.807) is 0 Å². The normalized spacial score (nSPS) is 45.8. The Kier molecular flexibility index (Phi) is 1.92. The molecular weight excluding hydrogens is 150 g/mol. The van der Waals surface area contributed by atoms with Crippen molar-refractivity contribution in [1.82, 2.24) is 5.32 Å². The van der Waals surface area contributed by atoms with Crippen molar-refractivity contribution in [2.45, 2.75) is 51.8 Å². The van der Waals surface area contributed by atoms with E-state index in [9.17, 15) is 0 Å². The Balaban J connectivity index is 2.08. The van der Waals surface area contributed by atoms with Crippen LogP contribution in [0.25, 0.3) is 0 Å². The molecule has 2 rings (SSSR count). The number of hydrogen-bond acceptors (Lipinski definition) is 2. The molecule has 1 saturated heterocycles. The summed E-state index contributed by atoms with van der Waals surface area (Å²) in [6, 6.07) is 1.16. The van der Waals surface area contributed by atoms with Crippen LogP contribution in [-0.2, 0) is 4.74 Å². The van der Waals surface area contributed by atoms with Crippen molar-refractivity contribution in [1.29, 1.82) is 0 Å². The molecule has 3 atom stereocenters. The quantitative estimate of drug-likeness (QED) is 0.594. The molecule has 0 bridgehead atoms. The van der Waals surface area contributed by atoms with Crippen LogP contribution < -0.4 is 5.32 Å². The summed E-state index contributed by atoms with van der Waals surface area (Å²) in [4.78, 5) is 0. The highest BCUT2D eigenvalue weighted by Gasteiger charge is 2.45. The zero-order valence-corrected chi connectivity index (χ0v) is 8.26. The minimum Gasteiger partial charge on any atom is -0.374 e. The molecule has 1 aliphatic heterocycles. The highest BCUT2D eigenvalue weighted by molar-refractivity contribution is 4.99. The molecular formula is C10H19NO. The van der Waals surface area contributed by atoms with Gasteiger partial charge in [-0.1, -0.05) is 13.8 Å². The van der Waals surface area contributed by atoms with Crippen LogP contribution in [-0.4, -0.2) is 24.8 Å². The van der Waals surface area contributed by atoms with E-state index in [0.29, 0.717) is 23.6 Å². The van der Waals surface area contributed by atoms with Gasteiger partial charge >= 0.3 is 0 Å². The molecule has 0 amide bonds. The van der Waals surface area contributed by atoms with Crippen molar-refractivity contribution < 1.29 is 4.74 Å². The highest BCUT2D eigenvalue weighted by atomic mass is 16.5. The summed E-state index contributed by atoms with van der Waals surface area (Å²) in [5.41, 5.74) is 0.387. The summed E-state index contributed by atoms with van der Waals surface area (Å²) >= 11 is 0. The van der Waals surface area contributed by atoms with Gasteiger partial charge in [0.05, 0.1) is 12.7 Å². The Labute approximate surface area is 74.7 Å². The Hall–Kier alpha value is -0.0800. The number of ether oxygens (including phenoxy) is 1. The minimum atomic E-state index is 0.387. The van der Waals surface area contributed by atoms with Crippen LogP contribution in [0.3, 0.4) is 0 Å². The SMILES string of the molecule is CC1COC2C(CCC2(C)C)N1. The predicted octanol–water partition coefficient (Wildman–Crippen LogP) is 1.55. The zero-order chi connectivity index (χ0) is 8.77. The highest BCUT2D eigenvalue weighted by Crippen LogP contribution is 2.41. The smallest absolute Gasteiger partial charge is 0.0779 e. The van der Waals surface area contributed by atoms with E-state index in [-0.39, 0.29) is 0 Å². The molecule has 0 aromatic heterocycles. The summed E-state index contributed by atoms with van der Waals surface area (Å²) in [6.07, 6.45) is 3.03. The fraction of sp³-hybridized carbons (Fsp3) is 1.00. The summed E-state index contributed by atoms with van der Waals surface area (Å²) in [5.74, 6) is 0. The van der Waals surface area contributed by atoms with Gasteiger partial charge in [0.25, 0.3) is 0 Å². The average Bonchev–Trinajstić information content (AvgIpc) is 2.27. The Morgan fingerprint density at radius 3 is 2.92 bits per heavy atom. The van der Waals surface area contributed by atoms with E-state index in [1.807, 2.05) is 0 Å². The largest absolute Gasteiger partial charge is 0.374 e. The van der Waals surface area contributed by atoms with Gasteiger partial charge in [-0.2, -0.15) is 0 Å². The minimum absolute atomic E-state index is 0.387. The molecule has 2 fully saturated rings. The van der Waals surface area contributed by atoms with Crippen molar-refractivity contribution in [3.05, 3.63) is 0 Å². The van der Waals surface area contributed by atoms with Crippen LogP contribution in [0.2, 0.25) is 0 Å². The molecule has 2 aliphatic rings. The van der Waals surface area contributed by atoms with Crippen LogP contribution in [0, 0.1) is 5.41 Å². The van der Waals surface area contributed by atoms with E-state index in [1.165, 1.54) is 12.8 Å². The van der Waals surface area contributed by atoms with Crippen LogP contribution >= 0.6 is 0 Å². The van der Waals surface area contributed by atoms with Gasteiger partial charge in [0.15, 0.2) is 0 Å². The molecule has 2 nitrogen and oxygen atoms in total. The molecule has 70 valence electrons. The summed E-state index contributed by atoms with van der Waals surface area (Å²) in [5, 5.41) is 3.61. The van der Waals surface area contributed by atoms with Crippen molar-refractivity contribution >= 4 is 0 Å². The first-order chi connectivity index (χ1) is 5.59. The molecule has 1 aliphatic carbocycles. The second-order valence-electron chi connectivity index (χ2n) is 4.96. The first-order valence-corrected chi connectivity index (χ1v) is 4.97. The number of rotatable bonds is 0. The van der Waals surface area contributed by atoms with Gasteiger partial charge in [-0.05, 0) is 25.2 Å². The number of fused-ring (bicyclic) bond motifs is 1. The third-order valence-corrected chi connectivity index (χ3v) is 3.26. The standard InChI is InChI=1S/C10H19NO/c1-7-6-12-9-8(11-7)4-5-10(9,2)3/h7-9,11H,4-6H2,1-3H3. The second kappa shape index (κ2) is 2.71. The monoisotopic (exact) mass is 169 g/mol. The van der Waals surface area contributed by atoms with Crippen molar-refractivity contribution in [3.63, 3.8) is 0 Å². The van der Waals surface area contributed by atoms with Crippen LogP contribution in [0.1, 0.15) is 33.6 Å². The summed E-state index contributed by atoms with van der Waals surface area (Å²) < 4.78 is 5.87. The molecule has 1 saturated carbocycles. The third-order valence-electron chi connectivity index (χ3n) is 3.26. The van der Waals surface area contributed by atoms with Gasteiger partial charge in [-0.3, -0.25) is 0 Å². The Morgan fingerprint density at radius 1 is 1.42 bits per heavy atom. The molecule has 1 N–H and O–H groups in total. The fourth-order valence-electron chi connectivity index (χ4n) is 2.54. The lowest BCUT2D eigenvalue weighted by Gasteiger charge is -2.37. The van der Waals surface area contributed by atoms with Crippen LogP contribution in [0.15, 0.2) is 0 Å². The van der Waals surface area contributed by atoms with E-state index < -0.39 is 0 Å². The van der Waals surface area contributed by atoms with E-state index in [0.717, 1.165) is 6.61 Å². The second-order valence-corrected chi connectivity index (χ2v) is 4.96. The van der Waals surface area contributed by atoms with Crippen molar-refractivity contribution in [3.8, 4) is 0 Å². The van der Waals surface area contributed by atoms with Crippen LogP contribution in [0.4, 0.5) is 0 Å². The molecule has 0 spiro atoms. The molecule has 0 aromatic rings. The van der Waals surface area contributed by atoms with Gasteiger partial charge < -0.3 is 10.1 Å². The van der Waals surface area contributed by atoms with E-state index in [2.05, 4.69) is 26.1 Å². The van der Waals surface area contributed by atoms with Crippen molar-refractivity contribution in [2.75, 3.05) is 6.61 Å². The average molecular weight is 169 g/mol. The number of nitrogens with one attached hydrogen (secondary N) is 1. The summed E-state index contributed by atoms with van der Waals surface area (Å²) in [6.45, 7) is 7.71. The first kappa shape index (κ1) is 8.52. The van der Waals surface area contributed by atoms with Crippen LogP contribution in [0.5, 0.6) is 0 Å². The summed E-state index contributed by atoms with van der Waals surface area (Å²) in [7, 11) is 0. The fourth-order valence-corrected chi connectivity index (χ4v) is 2.54. The maximum atomic E-state index is 5.87. The zero-order valence-electron chi connectivity index (χ0n) is 8.26. The molecule has 1 heterocycles. The number of morpholine rings is 1. The first-order valence-electron chi connectivity index (χ1n) is 4.97. The lowest BCUT2D eigenvalue weighted by molar-refractivity contribution is -0.0578. The topological polar surface area (TPSA) is 21.3 Å². The molecule has 3 unspecified atom stereocenters. The van der Waals surface area contributed by atoms with Gasteiger partial charge in [0, 0.05) is 12.1 Å². The maximum Gasteiger partial charge on any atom is 0.0779 e. The van der Waals surface area contributed by atoms with Gasteiger partial charge in [0.2, 0.25) is 0 Å². The van der Waals surface area contributed by atoms with Crippen molar-refractivity contribution in [2.24, 2.45) is 5.41 Å². The van der Waals surface area contributed by atoms with Gasteiger partial charge in [0.1, 0.15) is 0 Å². The number of hydrogen-bond donors (Lipinski definition) is 1. The third kappa shape index (κ3) is 1.27. The van der Waals surface area contributed by atoms with Gasteiger partial charge in [-0.15, -0.1) is 0 Å². The molecule has 2 heteroatoms. The molecule has 0 aromatic carbocycles. The van der Waals surface area contributed by atoms with E-state index in [4.69, 9.17) is 4.74 Å². The lowest BCUT2D eigenvalue weighted by atomic mass is 9.88. The Morgan fingerprint density at radius 2 is 2.17 bits per heavy atom.